The van der Waals surface area contributed by atoms with Gasteiger partial charge >= 0.3 is 5.97 Å². The molecule has 0 aliphatic carbocycles. The van der Waals surface area contributed by atoms with E-state index in [9.17, 15) is 19.7 Å². The van der Waals surface area contributed by atoms with Crippen LogP contribution in [0.4, 0.5) is 11.4 Å². The van der Waals surface area contributed by atoms with Gasteiger partial charge in [-0.2, -0.15) is 0 Å². The van der Waals surface area contributed by atoms with Crippen molar-refractivity contribution in [2.45, 2.75) is 20.0 Å². The second-order valence-corrected chi connectivity index (χ2v) is 5.61. The molecule has 0 radical (unpaired) electrons. The smallest absolute Gasteiger partial charge is 0.342 e. The summed E-state index contributed by atoms with van der Waals surface area (Å²) in [5.74, 6) is -0.848. The number of benzene rings is 2. The number of non-ortho nitro benzene ring substituents is 1. The molecule has 0 aliphatic rings. The minimum atomic E-state index is -1.12. The minimum absolute atomic E-state index is 0.114. The van der Waals surface area contributed by atoms with Gasteiger partial charge in [-0.1, -0.05) is 12.1 Å². The number of para-hydroxylation sites is 1. The third-order valence-corrected chi connectivity index (χ3v) is 3.71. The molecule has 0 fully saturated rings. The summed E-state index contributed by atoms with van der Waals surface area (Å²) in [7, 11) is 1.32. The number of nitro groups is 1. The summed E-state index contributed by atoms with van der Waals surface area (Å²) in [5.41, 5.74) is 0.245. The number of nitro benzene ring substituents is 1. The Morgan fingerprint density at radius 2 is 1.89 bits per heavy atom. The number of esters is 1. The van der Waals surface area contributed by atoms with Crippen molar-refractivity contribution in [1.29, 1.82) is 0 Å². The minimum Gasteiger partial charge on any atom is -0.494 e. The Labute approximate surface area is 161 Å². The normalized spacial score (nSPS) is 11.2. The summed E-state index contributed by atoms with van der Waals surface area (Å²) in [6.07, 6.45) is -1.12. The number of carbonyl (C=O) groups excluding carboxylic acids is 2. The Hall–Kier alpha value is -3.62. The van der Waals surface area contributed by atoms with E-state index < -0.39 is 22.9 Å². The molecule has 0 aromatic heterocycles. The number of nitrogens with zero attached hydrogens (tertiary/aromatic N) is 1. The van der Waals surface area contributed by atoms with Crippen LogP contribution in [0.1, 0.15) is 24.2 Å². The maximum atomic E-state index is 12.4. The number of anilines is 1. The van der Waals surface area contributed by atoms with Gasteiger partial charge in [0, 0.05) is 6.07 Å². The largest absolute Gasteiger partial charge is 0.494 e. The first-order valence-corrected chi connectivity index (χ1v) is 8.43. The van der Waals surface area contributed by atoms with Crippen LogP contribution in [-0.2, 0) is 9.53 Å². The molecule has 0 unspecified atom stereocenters. The molecule has 9 heteroatoms. The number of hydrogen-bond donors (Lipinski definition) is 1. The molecule has 1 N–H and O–H groups in total. The average molecular weight is 388 g/mol. The van der Waals surface area contributed by atoms with Gasteiger partial charge in [0.15, 0.2) is 6.10 Å². The Balaban J connectivity index is 2.09. The first-order chi connectivity index (χ1) is 13.4. The zero-order valence-electron chi connectivity index (χ0n) is 15.6. The molecule has 0 bridgehead atoms. The zero-order chi connectivity index (χ0) is 20.7. The Morgan fingerprint density at radius 3 is 2.54 bits per heavy atom. The van der Waals surface area contributed by atoms with Crippen LogP contribution < -0.4 is 14.8 Å². The Bertz CT molecular complexity index is 882. The van der Waals surface area contributed by atoms with E-state index in [1.54, 1.807) is 25.1 Å². The van der Waals surface area contributed by atoms with Crippen molar-refractivity contribution in [2.75, 3.05) is 19.0 Å². The highest BCUT2D eigenvalue weighted by atomic mass is 16.6. The van der Waals surface area contributed by atoms with Crippen molar-refractivity contribution in [3.63, 3.8) is 0 Å². The highest BCUT2D eigenvalue weighted by molar-refractivity contribution is 5.99. The fourth-order valence-electron chi connectivity index (χ4n) is 2.33. The lowest BCUT2D eigenvalue weighted by molar-refractivity contribution is -0.384. The molecule has 2 aromatic rings. The lowest BCUT2D eigenvalue weighted by Crippen LogP contribution is -2.30. The number of carbonyl (C=O) groups is 2. The van der Waals surface area contributed by atoms with E-state index >= 15 is 0 Å². The first kappa shape index (κ1) is 20.7. The highest BCUT2D eigenvalue weighted by Crippen LogP contribution is 2.29. The van der Waals surface area contributed by atoms with E-state index in [0.717, 1.165) is 0 Å². The number of nitrogens with one attached hydrogen (secondary N) is 1. The summed E-state index contributed by atoms with van der Waals surface area (Å²) < 4.78 is 15.7. The predicted molar refractivity (Wildman–Crippen MR) is 101 cm³/mol. The van der Waals surface area contributed by atoms with E-state index in [2.05, 4.69) is 5.32 Å². The fraction of sp³-hybridized carbons (Fsp3) is 0.263. The van der Waals surface area contributed by atoms with E-state index in [-0.39, 0.29) is 22.7 Å². The van der Waals surface area contributed by atoms with Gasteiger partial charge in [-0.25, -0.2) is 4.79 Å². The average Bonchev–Trinajstić information content (AvgIpc) is 2.68. The van der Waals surface area contributed by atoms with E-state index in [1.807, 2.05) is 0 Å². The molecule has 28 heavy (non-hydrogen) atoms. The Morgan fingerprint density at radius 1 is 1.18 bits per heavy atom. The quantitative estimate of drug-likeness (QED) is 0.419. The second-order valence-electron chi connectivity index (χ2n) is 5.61. The van der Waals surface area contributed by atoms with Crippen LogP contribution in [0.5, 0.6) is 11.5 Å². The molecule has 2 aromatic carbocycles. The SMILES string of the molecule is CCOc1ccccc1C(=O)O[C@@H](C)C(=O)Nc1ccc([N+](=O)[O-])cc1OC. The summed E-state index contributed by atoms with van der Waals surface area (Å²) in [4.78, 5) is 35.0. The number of rotatable bonds is 8. The van der Waals surface area contributed by atoms with Gasteiger partial charge in [0.2, 0.25) is 0 Å². The molecule has 1 atom stereocenters. The van der Waals surface area contributed by atoms with Crippen LogP contribution >= 0.6 is 0 Å². The Kier molecular flexibility index (Phi) is 6.91. The molecule has 148 valence electrons. The molecule has 9 nitrogen and oxygen atoms in total. The topological polar surface area (TPSA) is 117 Å². The van der Waals surface area contributed by atoms with Crippen LogP contribution in [-0.4, -0.2) is 36.6 Å². The van der Waals surface area contributed by atoms with E-state index in [0.29, 0.717) is 12.4 Å². The van der Waals surface area contributed by atoms with Crippen LogP contribution in [0.15, 0.2) is 42.5 Å². The molecule has 0 saturated heterocycles. The highest BCUT2D eigenvalue weighted by Gasteiger charge is 2.23. The molecular weight excluding hydrogens is 368 g/mol. The van der Waals surface area contributed by atoms with Crippen molar-refractivity contribution in [2.24, 2.45) is 0 Å². The number of methoxy groups -OCH3 is 1. The third-order valence-electron chi connectivity index (χ3n) is 3.71. The summed E-state index contributed by atoms with van der Waals surface area (Å²) in [5, 5.41) is 13.4. The van der Waals surface area contributed by atoms with E-state index in [4.69, 9.17) is 14.2 Å². The fourth-order valence-corrected chi connectivity index (χ4v) is 2.33. The van der Waals surface area contributed by atoms with Gasteiger partial charge in [-0.05, 0) is 32.0 Å². The number of amides is 1. The van der Waals surface area contributed by atoms with Crippen LogP contribution in [0.3, 0.4) is 0 Å². The van der Waals surface area contributed by atoms with Crippen molar-refractivity contribution in [3.8, 4) is 11.5 Å². The van der Waals surface area contributed by atoms with Crippen LogP contribution in [0.25, 0.3) is 0 Å². The standard InChI is InChI=1S/C19H20N2O7/c1-4-27-16-8-6-5-7-14(16)19(23)28-12(2)18(22)20-15-10-9-13(21(24)25)11-17(15)26-3/h5-12H,4H2,1-3H3,(H,20,22)/t12-/m0/s1. The predicted octanol–water partition coefficient (Wildman–Crippen LogP) is 3.19. The van der Waals surface area contributed by atoms with Gasteiger partial charge in [0.25, 0.3) is 11.6 Å². The van der Waals surface area contributed by atoms with Crippen LogP contribution in [0.2, 0.25) is 0 Å². The maximum Gasteiger partial charge on any atom is 0.342 e. The number of ether oxygens (including phenoxy) is 3. The van der Waals surface area contributed by atoms with Crippen molar-refractivity contribution in [3.05, 3.63) is 58.1 Å². The third kappa shape index (κ3) is 4.97. The van der Waals surface area contributed by atoms with Crippen molar-refractivity contribution >= 4 is 23.3 Å². The molecule has 0 spiro atoms. The van der Waals surface area contributed by atoms with Gasteiger partial charge in [-0.3, -0.25) is 14.9 Å². The lowest BCUT2D eigenvalue weighted by Gasteiger charge is -2.16. The summed E-state index contributed by atoms with van der Waals surface area (Å²) in [6.45, 7) is 3.57. The van der Waals surface area contributed by atoms with E-state index in [1.165, 1.54) is 38.3 Å². The summed E-state index contributed by atoms with van der Waals surface area (Å²) >= 11 is 0. The monoisotopic (exact) mass is 388 g/mol. The van der Waals surface area contributed by atoms with Gasteiger partial charge in [0.05, 0.1) is 30.4 Å². The molecular formula is C19H20N2O7. The molecule has 1 amide bonds. The number of hydrogen-bond acceptors (Lipinski definition) is 7. The molecule has 0 aliphatic heterocycles. The zero-order valence-corrected chi connectivity index (χ0v) is 15.6. The van der Waals surface area contributed by atoms with Crippen molar-refractivity contribution < 1.29 is 28.7 Å². The van der Waals surface area contributed by atoms with Gasteiger partial charge in [0.1, 0.15) is 17.1 Å². The van der Waals surface area contributed by atoms with Gasteiger partial charge < -0.3 is 19.5 Å². The van der Waals surface area contributed by atoms with Gasteiger partial charge in [-0.15, -0.1) is 0 Å². The first-order valence-electron chi connectivity index (χ1n) is 8.43. The lowest BCUT2D eigenvalue weighted by atomic mass is 10.2. The van der Waals surface area contributed by atoms with Crippen LogP contribution in [0, 0.1) is 10.1 Å². The van der Waals surface area contributed by atoms with Crippen molar-refractivity contribution in [1.82, 2.24) is 0 Å². The molecule has 2 rings (SSSR count). The molecule has 0 saturated carbocycles. The molecule has 0 heterocycles. The maximum absolute atomic E-state index is 12.4. The summed E-state index contributed by atoms with van der Waals surface area (Å²) in [6, 6.07) is 10.3. The second kappa shape index (κ2) is 9.36.